The molecule has 0 spiro atoms. The number of hydrogen-bond acceptors (Lipinski definition) is 5. The highest BCUT2D eigenvalue weighted by Crippen LogP contribution is 2.23. The minimum atomic E-state index is -0.0316. The van der Waals surface area contributed by atoms with Crippen molar-refractivity contribution in [1.29, 1.82) is 0 Å². The summed E-state index contributed by atoms with van der Waals surface area (Å²) in [6.07, 6.45) is 5.36. The molecule has 6 nitrogen and oxygen atoms in total. The number of anilines is 1. The van der Waals surface area contributed by atoms with Gasteiger partial charge in [-0.25, -0.2) is 0 Å². The Labute approximate surface area is 171 Å². The number of nitrogens with zero attached hydrogens (tertiary/aromatic N) is 4. The predicted molar refractivity (Wildman–Crippen MR) is 113 cm³/mol. The van der Waals surface area contributed by atoms with E-state index in [9.17, 15) is 4.79 Å². The van der Waals surface area contributed by atoms with E-state index in [1.54, 1.807) is 12.4 Å². The van der Waals surface area contributed by atoms with Crippen molar-refractivity contribution >= 4 is 11.7 Å². The van der Waals surface area contributed by atoms with Gasteiger partial charge in [-0.3, -0.25) is 9.78 Å². The summed E-state index contributed by atoms with van der Waals surface area (Å²) in [5, 5.41) is 11.8. The summed E-state index contributed by atoms with van der Waals surface area (Å²) in [6, 6.07) is 16.0. The Morgan fingerprint density at radius 3 is 2.59 bits per heavy atom. The van der Waals surface area contributed by atoms with Crippen LogP contribution in [0.25, 0.3) is 11.3 Å². The SMILES string of the molecule is Cc1ccc(CNC(=O)C2CCCN(c3ccc(-c4ccncc4)nn3)C2)cc1. The molecule has 1 saturated heterocycles. The molecule has 3 aromatic rings. The minimum Gasteiger partial charge on any atom is -0.354 e. The third kappa shape index (κ3) is 4.77. The molecule has 0 radical (unpaired) electrons. The number of piperidine rings is 1. The summed E-state index contributed by atoms with van der Waals surface area (Å²) in [6.45, 7) is 4.19. The lowest BCUT2D eigenvalue weighted by atomic mass is 9.97. The van der Waals surface area contributed by atoms with Gasteiger partial charge < -0.3 is 10.2 Å². The molecule has 1 unspecified atom stereocenters. The molecule has 0 saturated carbocycles. The Balaban J connectivity index is 1.36. The molecule has 1 aliphatic rings. The molecule has 6 heteroatoms. The van der Waals surface area contributed by atoms with E-state index in [0.29, 0.717) is 13.1 Å². The number of hydrogen-bond donors (Lipinski definition) is 1. The summed E-state index contributed by atoms with van der Waals surface area (Å²) < 4.78 is 0. The average Bonchev–Trinajstić information content (AvgIpc) is 2.79. The summed E-state index contributed by atoms with van der Waals surface area (Å²) in [4.78, 5) is 18.9. The molecule has 1 N–H and O–H groups in total. The summed E-state index contributed by atoms with van der Waals surface area (Å²) >= 11 is 0. The molecule has 148 valence electrons. The lowest BCUT2D eigenvalue weighted by molar-refractivity contribution is -0.125. The zero-order valence-corrected chi connectivity index (χ0v) is 16.6. The van der Waals surface area contributed by atoms with Gasteiger partial charge in [0.1, 0.15) is 0 Å². The van der Waals surface area contributed by atoms with Crippen molar-refractivity contribution in [3.05, 3.63) is 72.1 Å². The van der Waals surface area contributed by atoms with Crippen LogP contribution in [0.3, 0.4) is 0 Å². The quantitative estimate of drug-likeness (QED) is 0.727. The number of aryl methyl sites for hydroxylation is 1. The van der Waals surface area contributed by atoms with Gasteiger partial charge in [0, 0.05) is 37.6 Å². The number of benzene rings is 1. The van der Waals surface area contributed by atoms with Gasteiger partial charge in [-0.1, -0.05) is 29.8 Å². The largest absolute Gasteiger partial charge is 0.354 e. The maximum atomic E-state index is 12.7. The van der Waals surface area contributed by atoms with Crippen LogP contribution in [-0.4, -0.2) is 34.2 Å². The highest BCUT2D eigenvalue weighted by atomic mass is 16.1. The van der Waals surface area contributed by atoms with Gasteiger partial charge in [0.25, 0.3) is 0 Å². The molecule has 1 atom stereocenters. The molecule has 29 heavy (non-hydrogen) atoms. The summed E-state index contributed by atoms with van der Waals surface area (Å²) in [7, 11) is 0. The van der Waals surface area contributed by atoms with E-state index in [1.807, 2.05) is 24.3 Å². The Kier molecular flexibility index (Phi) is 5.79. The van der Waals surface area contributed by atoms with Crippen LogP contribution in [0.2, 0.25) is 0 Å². The molecule has 1 aromatic carbocycles. The van der Waals surface area contributed by atoms with Crippen LogP contribution >= 0.6 is 0 Å². The third-order valence-corrected chi connectivity index (χ3v) is 5.33. The second kappa shape index (κ2) is 8.82. The fraction of sp³-hybridized carbons (Fsp3) is 0.304. The molecule has 3 heterocycles. The van der Waals surface area contributed by atoms with Crippen LogP contribution in [0.15, 0.2) is 60.9 Å². The van der Waals surface area contributed by atoms with Gasteiger partial charge in [0.05, 0.1) is 11.6 Å². The second-order valence-electron chi connectivity index (χ2n) is 7.50. The van der Waals surface area contributed by atoms with E-state index in [2.05, 4.69) is 56.6 Å². The van der Waals surface area contributed by atoms with Crippen molar-refractivity contribution in [3.63, 3.8) is 0 Å². The highest BCUT2D eigenvalue weighted by Gasteiger charge is 2.26. The lowest BCUT2D eigenvalue weighted by Crippen LogP contribution is -2.43. The van der Waals surface area contributed by atoms with Gasteiger partial charge in [-0.15, -0.1) is 10.2 Å². The molecule has 0 bridgehead atoms. The zero-order chi connectivity index (χ0) is 20.1. The fourth-order valence-electron chi connectivity index (χ4n) is 3.61. The first-order chi connectivity index (χ1) is 14.2. The van der Waals surface area contributed by atoms with Crippen LogP contribution in [0.4, 0.5) is 5.82 Å². The van der Waals surface area contributed by atoms with Crippen molar-refractivity contribution in [2.24, 2.45) is 5.92 Å². The van der Waals surface area contributed by atoms with E-state index in [1.165, 1.54) is 5.56 Å². The van der Waals surface area contributed by atoms with Crippen molar-refractivity contribution < 1.29 is 4.79 Å². The third-order valence-electron chi connectivity index (χ3n) is 5.33. The fourth-order valence-corrected chi connectivity index (χ4v) is 3.61. The van der Waals surface area contributed by atoms with Crippen LogP contribution in [-0.2, 0) is 11.3 Å². The van der Waals surface area contributed by atoms with Gasteiger partial charge in [-0.2, -0.15) is 0 Å². The van der Waals surface area contributed by atoms with E-state index >= 15 is 0 Å². The monoisotopic (exact) mass is 387 g/mol. The molecule has 1 amide bonds. The van der Waals surface area contributed by atoms with Crippen LogP contribution in [0, 0.1) is 12.8 Å². The first-order valence-corrected chi connectivity index (χ1v) is 10.0. The smallest absolute Gasteiger partial charge is 0.225 e. The highest BCUT2D eigenvalue weighted by molar-refractivity contribution is 5.79. The van der Waals surface area contributed by atoms with Gasteiger partial charge in [-0.05, 0) is 49.6 Å². The standard InChI is InChI=1S/C23H25N5O/c1-17-4-6-18(7-5-17)15-25-23(29)20-3-2-14-28(16-20)22-9-8-21(26-27-22)19-10-12-24-13-11-19/h4-13,20H,2-3,14-16H2,1H3,(H,25,29). The molecule has 0 aliphatic carbocycles. The van der Waals surface area contributed by atoms with Crippen LogP contribution in [0.1, 0.15) is 24.0 Å². The van der Waals surface area contributed by atoms with E-state index in [4.69, 9.17) is 0 Å². The molecule has 1 fully saturated rings. The molecular formula is C23H25N5O. The average molecular weight is 387 g/mol. The molecule has 2 aromatic heterocycles. The molecule has 1 aliphatic heterocycles. The number of amides is 1. The number of pyridine rings is 1. The van der Waals surface area contributed by atoms with E-state index in [-0.39, 0.29) is 11.8 Å². The predicted octanol–water partition coefficient (Wildman–Crippen LogP) is 3.38. The van der Waals surface area contributed by atoms with Crippen LogP contribution in [0.5, 0.6) is 0 Å². The van der Waals surface area contributed by atoms with Gasteiger partial charge >= 0.3 is 0 Å². The number of carbonyl (C=O) groups excluding carboxylic acids is 1. The maximum Gasteiger partial charge on any atom is 0.225 e. The Morgan fingerprint density at radius 1 is 1.07 bits per heavy atom. The van der Waals surface area contributed by atoms with Crippen molar-refractivity contribution in [2.75, 3.05) is 18.0 Å². The Bertz CT molecular complexity index is 941. The Hall–Kier alpha value is -3.28. The summed E-state index contributed by atoms with van der Waals surface area (Å²) in [5.41, 5.74) is 4.15. The van der Waals surface area contributed by atoms with Gasteiger partial charge in [0.15, 0.2) is 5.82 Å². The normalized spacial score (nSPS) is 16.4. The topological polar surface area (TPSA) is 71.0 Å². The van der Waals surface area contributed by atoms with Gasteiger partial charge in [0.2, 0.25) is 5.91 Å². The van der Waals surface area contributed by atoms with Crippen molar-refractivity contribution in [1.82, 2.24) is 20.5 Å². The molecule has 4 rings (SSSR count). The summed E-state index contributed by atoms with van der Waals surface area (Å²) in [5.74, 6) is 0.895. The number of nitrogens with one attached hydrogen (secondary N) is 1. The maximum absolute atomic E-state index is 12.7. The minimum absolute atomic E-state index is 0.0316. The zero-order valence-electron chi connectivity index (χ0n) is 16.6. The van der Waals surface area contributed by atoms with Crippen LogP contribution < -0.4 is 10.2 Å². The first-order valence-electron chi connectivity index (χ1n) is 10.0. The first kappa shape index (κ1) is 19.1. The number of rotatable bonds is 5. The van der Waals surface area contributed by atoms with Crippen molar-refractivity contribution in [2.45, 2.75) is 26.3 Å². The van der Waals surface area contributed by atoms with Crippen molar-refractivity contribution in [3.8, 4) is 11.3 Å². The number of aromatic nitrogens is 3. The second-order valence-corrected chi connectivity index (χ2v) is 7.50. The van der Waals surface area contributed by atoms with E-state index < -0.39 is 0 Å². The number of carbonyl (C=O) groups is 1. The Morgan fingerprint density at radius 2 is 1.86 bits per heavy atom. The molecular weight excluding hydrogens is 362 g/mol. The lowest BCUT2D eigenvalue weighted by Gasteiger charge is -2.32. The van der Waals surface area contributed by atoms with E-state index in [0.717, 1.165) is 42.0 Å².